The van der Waals surface area contributed by atoms with Gasteiger partial charge in [-0.2, -0.15) is 10.2 Å². The SMILES string of the molecule is C/C(=N\NC(=O)c1nn(Cc2ccccc2)c(=O)c2ccccc12)c1cccc(N)c1. The van der Waals surface area contributed by atoms with Crippen LogP contribution >= 0.6 is 0 Å². The second-order valence-electron chi connectivity index (χ2n) is 7.11. The Kier molecular flexibility index (Phi) is 5.57. The molecule has 154 valence electrons. The largest absolute Gasteiger partial charge is 0.399 e. The summed E-state index contributed by atoms with van der Waals surface area (Å²) in [5.41, 5.74) is 11.2. The maximum absolute atomic E-state index is 13.0. The fourth-order valence-electron chi connectivity index (χ4n) is 3.28. The van der Waals surface area contributed by atoms with E-state index in [0.717, 1.165) is 11.1 Å². The third-order valence-electron chi connectivity index (χ3n) is 4.89. The van der Waals surface area contributed by atoms with Crippen LogP contribution in [0.3, 0.4) is 0 Å². The van der Waals surface area contributed by atoms with Crippen LogP contribution in [0, 0.1) is 0 Å². The minimum absolute atomic E-state index is 0.134. The zero-order chi connectivity index (χ0) is 21.8. The molecule has 1 heterocycles. The van der Waals surface area contributed by atoms with Crippen LogP contribution in [0.5, 0.6) is 0 Å². The van der Waals surface area contributed by atoms with Gasteiger partial charge in [0, 0.05) is 11.1 Å². The number of hydrazone groups is 1. The Hall–Kier alpha value is -4.26. The van der Waals surface area contributed by atoms with Crippen LogP contribution < -0.4 is 16.7 Å². The minimum atomic E-state index is -0.499. The fraction of sp³-hybridized carbons (Fsp3) is 0.0833. The molecule has 0 aliphatic rings. The molecule has 3 aromatic carbocycles. The summed E-state index contributed by atoms with van der Waals surface area (Å²) in [4.78, 5) is 25.9. The van der Waals surface area contributed by atoms with Crippen molar-refractivity contribution < 1.29 is 4.79 Å². The van der Waals surface area contributed by atoms with Crippen LogP contribution in [-0.4, -0.2) is 21.4 Å². The van der Waals surface area contributed by atoms with Gasteiger partial charge in [0.2, 0.25) is 0 Å². The molecule has 0 saturated carbocycles. The molecule has 0 radical (unpaired) electrons. The molecule has 0 spiro atoms. The van der Waals surface area contributed by atoms with Crippen molar-refractivity contribution in [1.82, 2.24) is 15.2 Å². The molecule has 4 aromatic rings. The van der Waals surface area contributed by atoms with Crippen molar-refractivity contribution in [3.63, 3.8) is 0 Å². The summed E-state index contributed by atoms with van der Waals surface area (Å²) in [6, 6.07) is 23.7. The smallest absolute Gasteiger partial charge is 0.292 e. The summed E-state index contributed by atoms with van der Waals surface area (Å²) in [5.74, 6) is -0.499. The molecule has 7 nitrogen and oxygen atoms in total. The molecular weight excluding hydrogens is 390 g/mol. The van der Waals surface area contributed by atoms with Crippen molar-refractivity contribution in [2.75, 3.05) is 5.73 Å². The van der Waals surface area contributed by atoms with E-state index in [9.17, 15) is 9.59 Å². The van der Waals surface area contributed by atoms with Gasteiger partial charge in [-0.1, -0.05) is 60.7 Å². The Bertz CT molecular complexity index is 1340. The first-order chi connectivity index (χ1) is 15.0. The number of fused-ring (bicyclic) bond motifs is 1. The van der Waals surface area contributed by atoms with Gasteiger partial charge in [-0.05, 0) is 36.2 Å². The van der Waals surface area contributed by atoms with Gasteiger partial charge < -0.3 is 5.73 Å². The predicted molar refractivity (Wildman–Crippen MR) is 122 cm³/mol. The number of carbonyl (C=O) groups excluding carboxylic acids is 1. The number of amides is 1. The zero-order valence-corrected chi connectivity index (χ0v) is 16.9. The van der Waals surface area contributed by atoms with E-state index in [1.165, 1.54) is 4.68 Å². The first-order valence-electron chi connectivity index (χ1n) is 9.77. The topological polar surface area (TPSA) is 102 Å². The average molecular weight is 411 g/mol. The highest BCUT2D eigenvalue weighted by molar-refractivity contribution is 6.06. The lowest BCUT2D eigenvalue weighted by atomic mass is 10.1. The number of nitrogens with zero attached hydrogens (tertiary/aromatic N) is 3. The average Bonchev–Trinajstić information content (AvgIpc) is 2.80. The van der Waals surface area contributed by atoms with Crippen LogP contribution in [0.15, 0.2) is 88.8 Å². The molecule has 0 fully saturated rings. The highest BCUT2D eigenvalue weighted by Gasteiger charge is 2.16. The van der Waals surface area contributed by atoms with Gasteiger partial charge >= 0.3 is 0 Å². The second-order valence-corrected chi connectivity index (χ2v) is 7.11. The molecule has 3 N–H and O–H groups in total. The first kappa shape index (κ1) is 20.0. The number of hydrogen-bond donors (Lipinski definition) is 2. The number of anilines is 1. The Morgan fingerprint density at radius 2 is 1.71 bits per heavy atom. The summed E-state index contributed by atoms with van der Waals surface area (Å²) in [6.07, 6.45) is 0. The lowest BCUT2D eigenvalue weighted by Crippen LogP contribution is -2.29. The lowest BCUT2D eigenvalue weighted by Gasteiger charge is -2.10. The normalized spacial score (nSPS) is 11.5. The Labute approximate surface area is 178 Å². The highest BCUT2D eigenvalue weighted by atomic mass is 16.2. The molecular formula is C24H21N5O2. The maximum Gasteiger partial charge on any atom is 0.292 e. The highest BCUT2D eigenvalue weighted by Crippen LogP contribution is 2.14. The van der Waals surface area contributed by atoms with E-state index in [1.54, 1.807) is 43.3 Å². The van der Waals surface area contributed by atoms with Crippen LogP contribution in [0.2, 0.25) is 0 Å². The van der Waals surface area contributed by atoms with Gasteiger partial charge in [-0.25, -0.2) is 10.1 Å². The monoisotopic (exact) mass is 411 g/mol. The molecule has 7 heteroatoms. The molecule has 1 aromatic heterocycles. The Balaban J connectivity index is 1.70. The Morgan fingerprint density at radius 1 is 1.00 bits per heavy atom. The van der Waals surface area contributed by atoms with Crippen molar-refractivity contribution in [1.29, 1.82) is 0 Å². The van der Waals surface area contributed by atoms with Crippen LogP contribution in [-0.2, 0) is 6.54 Å². The van der Waals surface area contributed by atoms with E-state index in [-0.39, 0.29) is 17.8 Å². The summed E-state index contributed by atoms with van der Waals surface area (Å²) in [6.45, 7) is 2.04. The summed E-state index contributed by atoms with van der Waals surface area (Å²) < 4.78 is 1.31. The van der Waals surface area contributed by atoms with Gasteiger partial charge in [0.25, 0.3) is 11.5 Å². The molecule has 0 bridgehead atoms. The van der Waals surface area contributed by atoms with Crippen molar-refractivity contribution in [2.45, 2.75) is 13.5 Å². The number of hydrogen-bond acceptors (Lipinski definition) is 5. The summed E-state index contributed by atoms with van der Waals surface area (Å²) >= 11 is 0. The fourth-order valence-corrected chi connectivity index (χ4v) is 3.28. The van der Waals surface area contributed by atoms with Gasteiger partial charge in [0.05, 0.1) is 17.6 Å². The van der Waals surface area contributed by atoms with Crippen LogP contribution in [0.25, 0.3) is 10.8 Å². The molecule has 31 heavy (non-hydrogen) atoms. The van der Waals surface area contributed by atoms with Crippen LogP contribution in [0.1, 0.15) is 28.5 Å². The summed E-state index contributed by atoms with van der Waals surface area (Å²) in [7, 11) is 0. The van der Waals surface area contributed by atoms with Crippen molar-refractivity contribution in [2.24, 2.45) is 5.10 Å². The number of benzene rings is 3. The van der Waals surface area contributed by atoms with E-state index < -0.39 is 5.91 Å². The van der Waals surface area contributed by atoms with Gasteiger partial charge in [-0.15, -0.1) is 0 Å². The molecule has 0 saturated heterocycles. The number of nitrogens with one attached hydrogen (secondary N) is 1. The van der Waals surface area contributed by atoms with Crippen molar-refractivity contribution in [3.05, 3.63) is 106 Å². The molecule has 0 unspecified atom stereocenters. The van der Waals surface area contributed by atoms with Gasteiger partial charge in [-0.3, -0.25) is 9.59 Å². The zero-order valence-electron chi connectivity index (χ0n) is 16.9. The van der Waals surface area contributed by atoms with E-state index in [0.29, 0.717) is 22.2 Å². The van der Waals surface area contributed by atoms with Gasteiger partial charge in [0.15, 0.2) is 5.69 Å². The van der Waals surface area contributed by atoms with E-state index in [2.05, 4.69) is 15.6 Å². The van der Waals surface area contributed by atoms with Crippen molar-refractivity contribution in [3.8, 4) is 0 Å². The summed E-state index contributed by atoms with van der Waals surface area (Å²) in [5, 5.41) is 9.46. The Morgan fingerprint density at radius 3 is 2.45 bits per heavy atom. The lowest BCUT2D eigenvalue weighted by molar-refractivity contribution is 0.0949. The van der Waals surface area contributed by atoms with E-state index >= 15 is 0 Å². The van der Waals surface area contributed by atoms with Crippen LogP contribution in [0.4, 0.5) is 5.69 Å². The molecule has 0 atom stereocenters. The molecule has 4 rings (SSSR count). The first-order valence-corrected chi connectivity index (χ1v) is 9.77. The number of carbonyl (C=O) groups is 1. The van der Waals surface area contributed by atoms with E-state index in [1.807, 2.05) is 42.5 Å². The number of aromatic nitrogens is 2. The minimum Gasteiger partial charge on any atom is -0.399 e. The predicted octanol–water partition coefficient (Wildman–Crippen LogP) is 3.18. The van der Waals surface area contributed by atoms with Gasteiger partial charge in [0.1, 0.15) is 0 Å². The number of nitrogens with two attached hydrogens (primary N) is 1. The maximum atomic E-state index is 13.0. The molecule has 1 amide bonds. The number of rotatable bonds is 5. The quantitative estimate of drug-likeness (QED) is 0.299. The second kappa shape index (κ2) is 8.62. The standard InChI is InChI=1S/C24H21N5O2/c1-16(18-10-7-11-19(25)14-18)26-27-23(30)22-20-12-5-6-13-21(20)24(31)29(28-22)15-17-8-3-2-4-9-17/h2-14H,15,25H2,1H3,(H,27,30)/b26-16+. The van der Waals surface area contributed by atoms with Crippen molar-refractivity contribution >= 4 is 28.1 Å². The molecule has 0 aliphatic carbocycles. The third-order valence-corrected chi connectivity index (χ3v) is 4.89. The third kappa shape index (κ3) is 4.35. The van der Waals surface area contributed by atoms with E-state index in [4.69, 9.17) is 5.73 Å². The number of nitrogen functional groups attached to an aromatic ring is 1. The molecule has 0 aliphatic heterocycles.